The zero-order valence-corrected chi connectivity index (χ0v) is 11.8. The molecule has 1 aromatic rings. The highest BCUT2D eigenvalue weighted by atomic mass is 32.1. The van der Waals surface area contributed by atoms with Crippen molar-refractivity contribution in [1.82, 2.24) is 15.3 Å². The molecule has 0 radical (unpaired) electrons. The lowest BCUT2D eigenvalue weighted by molar-refractivity contribution is -0.127. The number of nitrogens with two attached hydrogens (primary N) is 1. The number of aromatic nitrogens is 2. The number of nitrogens with zero attached hydrogens (tertiary/aromatic N) is 2. The van der Waals surface area contributed by atoms with E-state index < -0.39 is 5.41 Å². The fourth-order valence-corrected chi connectivity index (χ4v) is 2.71. The molecule has 1 saturated carbocycles. The first-order chi connectivity index (χ1) is 9.04. The summed E-state index contributed by atoms with van der Waals surface area (Å²) in [5.41, 5.74) is 6.69. The first kappa shape index (κ1) is 13.9. The van der Waals surface area contributed by atoms with E-state index in [0.717, 1.165) is 37.1 Å². The van der Waals surface area contributed by atoms with E-state index >= 15 is 0 Å². The van der Waals surface area contributed by atoms with Crippen LogP contribution < -0.4 is 11.1 Å². The molecule has 3 N–H and O–H groups in total. The third-order valence-electron chi connectivity index (χ3n) is 3.63. The Hall–Kier alpha value is -1.56. The third-order valence-corrected chi connectivity index (χ3v) is 4.02. The number of carbonyl (C=O) groups excluding carboxylic acids is 1. The minimum absolute atomic E-state index is 0.0834. The topological polar surface area (TPSA) is 80.9 Å². The number of thiocarbonyl (C=S) groups is 1. The van der Waals surface area contributed by atoms with Crippen LogP contribution in [0.1, 0.15) is 37.1 Å². The summed E-state index contributed by atoms with van der Waals surface area (Å²) in [6.45, 7) is 2.23. The van der Waals surface area contributed by atoms with Gasteiger partial charge in [-0.05, 0) is 19.8 Å². The summed E-state index contributed by atoms with van der Waals surface area (Å²) < 4.78 is 0. The van der Waals surface area contributed by atoms with Crippen LogP contribution in [0, 0.1) is 12.3 Å². The van der Waals surface area contributed by atoms with Crippen LogP contribution in [0.3, 0.4) is 0 Å². The van der Waals surface area contributed by atoms with Crippen LogP contribution >= 0.6 is 12.2 Å². The third kappa shape index (κ3) is 2.89. The molecule has 1 amide bonds. The molecule has 19 heavy (non-hydrogen) atoms. The van der Waals surface area contributed by atoms with Crippen molar-refractivity contribution in [3.63, 3.8) is 0 Å². The lowest BCUT2D eigenvalue weighted by Crippen LogP contribution is -2.47. The van der Waals surface area contributed by atoms with Gasteiger partial charge in [0.2, 0.25) is 5.91 Å². The maximum atomic E-state index is 12.3. The average molecular weight is 278 g/mol. The van der Waals surface area contributed by atoms with Gasteiger partial charge in [-0.1, -0.05) is 25.1 Å². The van der Waals surface area contributed by atoms with Gasteiger partial charge in [-0.15, -0.1) is 0 Å². The molecule has 0 spiro atoms. The van der Waals surface area contributed by atoms with Crippen LogP contribution in [0.25, 0.3) is 0 Å². The molecule has 0 bridgehead atoms. The second-order valence-electron chi connectivity index (χ2n) is 4.99. The van der Waals surface area contributed by atoms with E-state index in [9.17, 15) is 4.79 Å². The van der Waals surface area contributed by atoms with Gasteiger partial charge in [-0.2, -0.15) is 0 Å². The average Bonchev–Trinajstić information content (AvgIpc) is 2.88. The molecule has 5 nitrogen and oxygen atoms in total. The van der Waals surface area contributed by atoms with Crippen molar-refractivity contribution >= 4 is 23.1 Å². The Balaban J connectivity index is 2.00. The molecular formula is C13H18N4OS. The quantitative estimate of drug-likeness (QED) is 0.810. The van der Waals surface area contributed by atoms with Crippen LogP contribution in [0.2, 0.25) is 0 Å². The van der Waals surface area contributed by atoms with E-state index in [-0.39, 0.29) is 5.91 Å². The van der Waals surface area contributed by atoms with E-state index in [1.54, 1.807) is 12.4 Å². The summed E-state index contributed by atoms with van der Waals surface area (Å²) in [5.74, 6) is -0.0834. The smallest absolute Gasteiger partial charge is 0.233 e. The van der Waals surface area contributed by atoms with Crippen LogP contribution in [-0.4, -0.2) is 20.9 Å². The van der Waals surface area contributed by atoms with Gasteiger partial charge in [0.1, 0.15) is 0 Å². The number of nitrogens with one attached hydrogen (secondary N) is 1. The van der Waals surface area contributed by atoms with Gasteiger partial charge in [0, 0.05) is 6.20 Å². The Labute approximate surface area is 118 Å². The molecular weight excluding hydrogens is 260 g/mol. The highest BCUT2D eigenvalue weighted by Crippen LogP contribution is 2.38. The number of hydrogen-bond donors (Lipinski definition) is 2. The lowest BCUT2D eigenvalue weighted by Gasteiger charge is -2.26. The molecule has 0 unspecified atom stereocenters. The molecule has 0 aromatic carbocycles. The second kappa shape index (κ2) is 5.61. The summed E-state index contributed by atoms with van der Waals surface area (Å²) in [7, 11) is 0. The zero-order chi connectivity index (χ0) is 13.9. The summed E-state index contributed by atoms with van der Waals surface area (Å²) in [5, 5.41) is 2.87. The van der Waals surface area contributed by atoms with Crippen molar-refractivity contribution in [2.24, 2.45) is 11.1 Å². The van der Waals surface area contributed by atoms with E-state index in [1.165, 1.54) is 0 Å². The monoisotopic (exact) mass is 278 g/mol. The maximum Gasteiger partial charge on any atom is 0.233 e. The number of rotatable bonds is 4. The molecule has 0 aliphatic heterocycles. The van der Waals surface area contributed by atoms with Crippen molar-refractivity contribution in [3.05, 3.63) is 23.8 Å². The van der Waals surface area contributed by atoms with Crippen LogP contribution in [0.5, 0.6) is 0 Å². The highest BCUT2D eigenvalue weighted by Gasteiger charge is 2.43. The molecule has 0 atom stereocenters. The van der Waals surface area contributed by atoms with E-state index in [2.05, 4.69) is 15.3 Å². The number of hydrogen-bond acceptors (Lipinski definition) is 4. The first-order valence-electron chi connectivity index (χ1n) is 6.40. The molecule has 1 heterocycles. The highest BCUT2D eigenvalue weighted by molar-refractivity contribution is 7.80. The largest absolute Gasteiger partial charge is 0.392 e. The van der Waals surface area contributed by atoms with Crippen molar-refractivity contribution in [2.75, 3.05) is 0 Å². The lowest BCUT2D eigenvalue weighted by atomic mass is 9.85. The van der Waals surface area contributed by atoms with E-state index in [1.807, 2.05) is 6.92 Å². The van der Waals surface area contributed by atoms with Gasteiger partial charge >= 0.3 is 0 Å². The van der Waals surface area contributed by atoms with Crippen molar-refractivity contribution in [2.45, 2.75) is 39.2 Å². The van der Waals surface area contributed by atoms with Gasteiger partial charge < -0.3 is 11.1 Å². The molecule has 6 heteroatoms. The number of carbonyl (C=O) groups is 1. The van der Waals surface area contributed by atoms with Crippen molar-refractivity contribution < 1.29 is 4.79 Å². The van der Waals surface area contributed by atoms with Crippen LogP contribution in [0.4, 0.5) is 0 Å². The predicted molar refractivity (Wildman–Crippen MR) is 76.3 cm³/mol. The maximum absolute atomic E-state index is 12.3. The first-order valence-corrected chi connectivity index (χ1v) is 6.81. The number of amides is 1. The predicted octanol–water partition coefficient (Wildman–Crippen LogP) is 1.25. The van der Waals surface area contributed by atoms with E-state index in [4.69, 9.17) is 18.0 Å². The SMILES string of the molecule is Cc1cnc(CNC(=O)C2(C(N)=S)CCCC2)cn1. The van der Waals surface area contributed by atoms with Crippen LogP contribution in [0.15, 0.2) is 12.4 Å². The Kier molecular flexibility index (Phi) is 4.09. The molecule has 2 rings (SSSR count). The van der Waals surface area contributed by atoms with Crippen LogP contribution in [-0.2, 0) is 11.3 Å². The summed E-state index contributed by atoms with van der Waals surface area (Å²) >= 11 is 5.08. The minimum Gasteiger partial charge on any atom is -0.392 e. The van der Waals surface area contributed by atoms with E-state index in [0.29, 0.717) is 11.5 Å². The molecule has 1 aromatic heterocycles. The van der Waals surface area contributed by atoms with Gasteiger partial charge in [-0.3, -0.25) is 14.8 Å². The molecule has 0 saturated heterocycles. The minimum atomic E-state index is -0.659. The standard InChI is InChI=1S/C13H18N4OS/c1-9-6-16-10(7-15-9)8-17-12(18)13(11(14)19)4-2-3-5-13/h6-7H,2-5,8H2,1H3,(H2,14,19)(H,17,18). The summed E-state index contributed by atoms with van der Waals surface area (Å²) in [6.07, 6.45) is 6.82. The zero-order valence-electron chi connectivity index (χ0n) is 11.0. The van der Waals surface area contributed by atoms with Gasteiger partial charge in [0.25, 0.3) is 0 Å². The number of aryl methyl sites for hydroxylation is 1. The Morgan fingerprint density at radius 1 is 1.42 bits per heavy atom. The van der Waals surface area contributed by atoms with Gasteiger partial charge in [-0.25, -0.2) is 0 Å². The molecule has 1 aliphatic rings. The second-order valence-corrected chi connectivity index (χ2v) is 5.43. The van der Waals surface area contributed by atoms with Gasteiger partial charge in [0.15, 0.2) is 0 Å². The molecule has 1 aliphatic carbocycles. The molecule has 102 valence electrons. The fourth-order valence-electron chi connectivity index (χ4n) is 2.41. The Bertz CT molecular complexity index is 480. The summed E-state index contributed by atoms with van der Waals surface area (Å²) in [6, 6.07) is 0. The van der Waals surface area contributed by atoms with Crippen molar-refractivity contribution in [3.8, 4) is 0 Å². The van der Waals surface area contributed by atoms with Gasteiger partial charge in [0.05, 0.1) is 34.5 Å². The fraction of sp³-hybridized carbons (Fsp3) is 0.538. The Morgan fingerprint density at radius 2 is 2.11 bits per heavy atom. The van der Waals surface area contributed by atoms with Crippen molar-refractivity contribution in [1.29, 1.82) is 0 Å². The normalized spacial score (nSPS) is 17.1. The Morgan fingerprint density at radius 3 is 2.63 bits per heavy atom. The summed E-state index contributed by atoms with van der Waals surface area (Å²) in [4.78, 5) is 21.0. The molecule has 1 fully saturated rings.